The number of benzene rings is 1. The van der Waals surface area contributed by atoms with E-state index in [0.717, 1.165) is 6.92 Å². The number of nitrogens with one attached hydrogen (secondary N) is 1. The van der Waals surface area contributed by atoms with Gasteiger partial charge in [-0.25, -0.2) is 21.8 Å². The summed E-state index contributed by atoms with van der Waals surface area (Å²) in [6.45, 7) is 3.31. The van der Waals surface area contributed by atoms with Crippen molar-refractivity contribution in [3.8, 4) is 11.5 Å². The van der Waals surface area contributed by atoms with Crippen LogP contribution in [0.2, 0.25) is 0 Å². The topological polar surface area (TPSA) is 238 Å². The van der Waals surface area contributed by atoms with Gasteiger partial charge in [-0.3, -0.25) is 9.63 Å². The summed E-state index contributed by atoms with van der Waals surface area (Å²) in [7, 11) is 0. The summed E-state index contributed by atoms with van der Waals surface area (Å²) in [4.78, 5) is 24.5. The minimum absolute atomic E-state index is 0.196. The summed E-state index contributed by atoms with van der Waals surface area (Å²) >= 11 is 0. The van der Waals surface area contributed by atoms with E-state index in [4.69, 9.17) is 21.0 Å². The monoisotopic (exact) mass is 600 g/mol. The number of hydrogen-bond acceptors (Lipinski definition) is 12. The van der Waals surface area contributed by atoms with Crippen LogP contribution < -0.4 is 26.6 Å². The van der Waals surface area contributed by atoms with Crippen LogP contribution in [0.25, 0.3) is 6.08 Å². The zero-order chi connectivity index (χ0) is 31.3. The van der Waals surface area contributed by atoms with Gasteiger partial charge in [-0.2, -0.15) is 13.2 Å². The van der Waals surface area contributed by atoms with Gasteiger partial charge >= 0.3 is 24.5 Å². The Bertz CT molecular complexity index is 973. The molecule has 2 heterocycles. The van der Waals surface area contributed by atoms with Crippen molar-refractivity contribution < 1.29 is 86.5 Å². The van der Waals surface area contributed by atoms with Crippen molar-refractivity contribution >= 4 is 18.5 Å². The molecule has 1 saturated heterocycles. The fraction of sp³-hybridized carbons (Fsp3) is 0.500. The van der Waals surface area contributed by atoms with Gasteiger partial charge in [0.1, 0.15) is 11.5 Å². The van der Waals surface area contributed by atoms with Gasteiger partial charge in [0.15, 0.2) is 0 Å². The maximum atomic E-state index is 13.4. The van der Waals surface area contributed by atoms with Crippen LogP contribution in [0.1, 0.15) is 30.9 Å². The van der Waals surface area contributed by atoms with Crippen molar-refractivity contribution in [2.24, 2.45) is 5.90 Å². The number of esters is 1. The van der Waals surface area contributed by atoms with E-state index in [0.29, 0.717) is 12.1 Å². The molecule has 0 amide bonds. The first kappa shape index (κ1) is 36.8. The third-order valence-corrected chi connectivity index (χ3v) is 4.47. The van der Waals surface area contributed by atoms with Crippen LogP contribution in [-0.2, 0) is 25.1 Å². The molecule has 1 aromatic carbocycles. The van der Waals surface area contributed by atoms with Crippen molar-refractivity contribution in [2.45, 2.75) is 50.7 Å². The minimum Gasteiger partial charge on any atom is -0.483 e. The van der Waals surface area contributed by atoms with Gasteiger partial charge in [0.25, 0.3) is 6.47 Å². The van der Waals surface area contributed by atoms with Crippen LogP contribution in [0.15, 0.2) is 17.7 Å². The second kappa shape index (κ2) is 16.1. The average molecular weight is 600 g/mol. The number of quaternary nitrogens is 1. The van der Waals surface area contributed by atoms with Gasteiger partial charge in [0.2, 0.25) is 12.4 Å². The van der Waals surface area contributed by atoms with Gasteiger partial charge in [-0.15, -0.1) is 13.2 Å². The standard InChI is InChI=1S/C15H13F6NO8.C4H9N.CH2O2.H4NO/c1-5(30-22)27-12(23)8-3-6-2-7(29-15(19,20)21)4-9(14(24,25)26)10(6)28-11(8)13(16,17)18;1-2-4-5-3-1;2-1-3;1-2/h2-5,11,24-26H,22H2,1H3;5H,1-4H2;1H,(H,2,3);2H,1H3/q;;;+1. The molecule has 14 nitrogen and oxygen atoms in total. The lowest BCUT2D eigenvalue weighted by molar-refractivity contribution is -0.670. The van der Waals surface area contributed by atoms with Crippen LogP contribution in [0, 0.1) is 0 Å². The van der Waals surface area contributed by atoms with Crippen molar-refractivity contribution in [3.05, 3.63) is 28.8 Å². The molecule has 2 atom stereocenters. The Kier molecular flexibility index (Phi) is 14.8. The summed E-state index contributed by atoms with van der Waals surface area (Å²) in [6.07, 6.45) is -11.9. The first-order valence-corrected chi connectivity index (χ1v) is 10.7. The molecule has 1 fully saturated rings. The van der Waals surface area contributed by atoms with Gasteiger partial charge in [-0.1, -0.05) is 0 Å². The molecular weight excluding hydrogens is 572 g/mol. The molecule has 0 aromatic heterocycles. The number of carboxylic acid groups (broad SMARTS) is 1. The number of hydrogen-bond donors (Lipinski definition) is 8. The second-order valence-electron chi connectivity index (χ2n) is 7.38. The highest BCUT2D eigenvalue weighted by atomic mass is 19.4. The molecule has 40 heavy (non-hydrogen) atoms. The SMILES string of the molecule is C1CCNC1.CC(ON)OC(=O)C1=Cc2cc(OC(F)(F)F)cc(C(O)(O)O)c2OC1C(F)(F)F.O=CO.[NH3+]O. The minimum atomic E-state index is -5.28. The molecule has 0 aliphatic carbocycles. The van der Waals surface area contributed by atoms with E-state index < -0.39 is 65.1 Å². The summed E-state index contributed by atoms with van der Waals surface area (Å²) in [5, 5.41) is 44.9. The quantitative estimate of drug-likeness (QED) is 0.0722. The molecule has 0 bridgehead atoms. The number of rotatable bonds is 5. The van der Waals surface area contributed by atoms with E-state index >= 15 is 0 Å². The molecule has 0 spiro atoms. The number of nitrogens with two attached hydrogens (primary N) is 1. The number of halogens is 6. The molecule has 2 unspecified atom stereocenters. The molecule has 3 rings (SSSR count). The maximum Gasteiger partial charge on any atom is 0.573 e. The zero-order valence-corrected chi connectivity index (χ0v) is 20.5. The zero-order valence-electron chi connectivity index (χ0n) is 20.5. The fourth-order valence-corrected chi connectivity index (χ4v) is 3.01. The van der Waals surface area contributed by atoms with Crippen LogP contribution >= 0.6 is 0 Å². The molecule has 0 saturated carbocycles. The van der Waals surface area contributed by atoms with E-state index in [1.54, 1.807) is 0 Å². The Morgan fingerprint density at radius 3 is 2.05 bits per heavy atom. The van der Waals surface area contributed by atoms with Gasteiger partial charge in [-0.05, 0) is 51.1 Å². The Morgan fingerprint density at radius 2 is 1.68 bits per heavy atom. The van der Waals surface area contributed by atoms with E-state index in [-0.39, 0.29) is 12.5 Å². The predicted molar refractivity (Wildman–Crippen MR) is 116 cm³/mol. The van der Waals surface area contributed by atoms with E-state index in [1.807, 2.05) is 0 Å². The normalized spacial score (nSPS) is 17.0. The molecule has 0 radical (unpaired) electrons. The first-order valence-electron chi connectivity index (χ1n) is 10.7. The Hall–Kier alpha value is -3.24. The molecule has 11 N–H and O–H groups in total. The third kappa shape index (κ3) is 12.3. The maximum absolute atomic E-state index is 13.4. The van der Waals surface area contributed by atoms with Crippen molar-refractivity contribution in [3.63, 3.8) is 0 Å². The van der Waals surface area contributed by atoms with Gasteiger partial charge in [0, 0.05) is 5.56 Å². The summed E-state index contributed by atoms with van der Waals surface area (Å²) in [6, 6.07) is 0.683. The van der Waals surface area contributed by atoms with Gasteiger partial charge in [0.05, 0.1) is 11.1 Å². The van der Waals surface area contributed by atoms with Crippen molar-refractivity contribution in [2.75, 3.05) is 13.1 Å². The second-order valence-corrected chi connectivity index (χ2v) is 7.38. The molecule has 2 aliphatic heterocycles. The smallest absolute Gasteiger partial charge is 0.483 e. The van der Waals surface area contributed by atoms with Crippen LogP contribution in [0.5, 0.6) is 11.5 Å². The molecule has 1 aromatic rings. The number of aliphatic hydroxyl groups is 3. The van der Waals surface area contributed by atoms with E-state index in [1.165, 1.54) is 25.9 Å². The third-order valence-electron chi connectivity index (χ3n) is 4.47. The van der Waals surface area contributed by atoms with Crippen LogP contribution in [0.3, 0.4) is 0 Å². The lowest BCUT2D eigenvalue weighted by Gasteiger charge is -2.31. The van der Waals surface area contributed by atoms with Gasteiger partial charge < -0.3 is 40.0 Å². The number of carbonyl (C=O) groups is 2. The van der Waals surface area contributed by atoms with E-state index in [2.05, 4.69) is 30.3 Å². The lowest BCUT2D eigenvalue weighted by atomic mass is 9.97. The molecular formula is C20H28F6N3O11+. The van der Waals surface area contributed by atoms with Crippen LogP contribution in [0.4, 0.5) is 26.3 Å². The highest BCUT2D eigenvalue weighted by Crippen LogP contribution is 2.44. The highest BCUT2D eigenvalue weighted by Gasteiger charge is 2.50. The number of carbonyl (C=O) groups excluding carboxylic acids is 1. The molecule has 230 valence electrons. The lowest BCUT2D eigenvalue weighted by Crippen LogP contribution is -2.42. The van der Waals surface area contributed by atoms with Crippen LogP contribution in [-0.4, -0.2) is 76.1 Å². The number of fused-ring (bicyclic) bond motifs is 1. The molecule has 20 heteroatoms. The highest BCUT2D eigenvalue weighted by molar-refractivity contribution is 5.96. The predicted octanol–water partition coefficient (Wildman–Crippen LogP) is -0.153. The van der Waals surface area contributed by atoms with E-state index in [9.17, 15) is 46.5 Å². The Morgan fingerprint density at radius 1 is 1.15 bits per heavy atom. The average Bonchev–Trinajstić information content (AvgIpc) is 3.42. The van der Waals surface area contributed by atoms with Crippen molar-refractivity contribution in [1.82, 2.24) is 5.32 Å². The van der Waals surface area contributed by atoms with Crippen molar-refractivity contribution in [1.29, 1.82) is 0 Å². The molecule has 2 aliphatic rings. The summed E-state index contributed by atoms with van der Waals surface area (Å²) < 4.78 is 90.4. The number of ether oxygens (including phenoxy) is 3. The Labute approximate surface area is 221 Å². The fourth-order valence-electron chi connectivity index (χ4n) is 3.01. The number of alkyl halides is 6. The summed E-state index contributed by atoms with van der Waals surface area (Å²) in [5.41, 5.74) is -3.23. The first-order chi connectivity index (χ1) is 18.4. The largest absolute Gasteiger partial charge is 0.573 e. The summed E-state index contributed by atoms with van der Waals surface area (Å²) in [5.74, 6) is -0.805. The Balaban J connectivity index is 0.00000130.